The third-order valence-electron chi connectivity index (χ3n) is 1.55. The molecule has 0 aliphatic heterocycles. The normalized spacial score (nSPS) is 8.69. The predicted octanol–water partition coefficient (Wildman–Crippen LogP) is 3.45. The van der Waals surface area contributed by atoms with Gasteiger partial charge in [0.15, 0.2) is 0 Å². The number of ether oxygens (including phenoxy) is 1. The van der Waals surface area contributed by atoms with E-state index in [2.05, 4.69) is 17.9 Å². The van der Waals surface area contributed by atoms with E-state index < -0.39 is 0 Å². The summed E-state index contributed by atoms with van der Waals surface area (Å²) in [6, 6.07) is 10.0. The molecule has 0 spiro atoms. The van der Waals surface area contributed by atoms with Gasteiger partial charge in [0, 0.05) is 6.08 Å². The summed E-state index contributed by atoms with van der Waals surface area (Å²) in [6.07, 6.45) is 2.94. The van der Waals surface area contributed by atoms with Crippen molar-refractivity contribution < 1.29 is 9.53 Å². The molecule has 0 saturated heterocycles. The highest BCUT2D eigenvalue weighted by Crippen LogP contribution is 1.97. The van der Waals surface area contributed by atoms with E-state index in [4.69, 9.17) is 0 Å². The second kappa shape index (κ2) is 8.48. The van der Waals surface area contributed by atoms with Crippen LogP contribution in [0.5, 0.6) is 0 Å². The average molecular weight is 218 g/mol. The van der Waals surface area contributed by atoms with E-state index in [9.17, 15) is 4.79 Å². The summed E-state index contributed by atoms with van der Waals surface area (Å²) in [4.78, 5) is 10.3. The summed E-state index contributed by atoms with van der Waals surface area (Å²) >= 11 is 0. The molecule has 0 heterocycles. The first-order valence-electron chi connectivity index (χ1n) is 5.10. The fourth-order valence-electron chi connectivity index (χ4n) is 0.870. The molecular formula is C14H18O2. The monoisotopic (exact) mass is 218 g/mol. The fourth-order valence-corrected chi connectivity index (χ4v) is 0.870. The Balaban J connectivity index is 0.000000281. The van der Waals surface area contributed by atoms with Gasteiger partial charge >= 0.3 is 5.97 Å². The lowest BCUT2D eigenvalue weighted by molar-refractivity contribution is -0.141. The molecule has 0 N–H and O–H groups in total. The van der Waals surface area contributed by atoms with Crippen molar-refractivity contribution in [3.05, 3.63) is 55.1 Å². The lowest BCUT2D eigenvalue weighted by Crippen LogP contribution is -2.07. The standard InChI is InChI=1S/C8H8.C6H10O2/c1-2-8-6-4-3-5-7-8;1-4-6(7)8-5(2)3/h2-7H,1H2;4-5H,1H2,2-3H3. The van der Waals surface area contributed by atoms with Crippen LogP contribution < -0.4 is 0 Å². The molecular weight excluding hydrogens is 200 g/mol. The number of benzene rings is 1. The first-order valence-corrected chi connectivity index (χ1v) is 5.10. The summed E-state index contributed by atoms with van der Waals surface area (Å²) < 4.78 is 4.64. The van der Waals surface area contributed by atoms with Gasteiger partial charge in [-0.2, -0.15) is 0 Å². The van der Waals surface area contributed by atoms with Crippen LogP contribution in [0.2, 0.25) is 0 Å². The van der Waals surface area contributed by atoms with E-state index in [-0.39, 0.29) is 12.1 Å². The topological polar surface area (TPSA) is 26.3 Å². The minimum Gasteiger partial charge on any atom is -0.460 e. The minimum absolute atomic E-state index is 0.0412. The molecule has 0 aliphatic carbocycles. The molecule has 1 aromatic carbocycles. The van der Waals surface area contributed by atoms with Gasteiger partial charge in [0.1, 0.15) is 0 Å². The fraction of sp³-hybridized carbons (Fsp3) is 0.214. The quantitative estimate of drug-likeness (QED) is 0.573. The van der Waals surface area contributed by atoms with Crippen LogP contribution in [0.3, 0.4) is 0 Å². The van der Waals surface area contributed by atoms with E-state index in [1.165, 1.54) is 5.56 Å². The number of hydrogen-bond donors (Lipinski definition) is 0. The van der Waals surface area contributed by atoms with Crippen molar-refractivity contribution in [2.75, 3.05) is 0 Å². The SMILES string of the molecule is C=CC(=O)OC(C)C.C=Cc1ccccc1. The van der Waals surface area contributed by atoms with Gasteiger partial charge in [0.05, 0.1) is 6.10 Å². The first-order chi connectivity index (χ1) is 7.60. The van der Waals surface area contributed by atoms with Crippen LogP contribution in [0.25, 0.3) is 6.08 Å². The van der Waals surface area contributed by atoms with Crippen LogP contribution in [0.4, 0.5) is 0 Å². The zero-order valence-electron chi connectivity index (χ0n) is 9.85. The van der Waals surface area contributed by atoms with E-state index in [1.54, 1.807) is 13.8 Å². The smallest absolute Gasteiger partial charge is 0.330 e. The van der Waals surface area contributed by atoms with Gasteiger partial charge in [-0.05, 0) is 19.4 Å². The highest BCUT2D eigenvalue weighted by molar-refractivity contribution is 5.81. The van der Waals surface area contributed by atoms with Crippen LogP contribution >= 0.6 is 0 Å². The maximum Gasteiger partial charge on any atom is 0.330 e. The maximum atomic E-state index is 10.3. The first kappa shape index (κ1) is 14.2. The molecule has 2 heteroatoms. The Labute approximate surface area is 97.3 Å². The van der Waals surface area contributed by atoms with Crippen molar-refractivity contribution >= 4 is 12.0 Å². The highest BCUT2D eigenvalue weighted by Gasteiger charge is 1.96. The van der Waals surface area contributed by atoms with Crippen molar-refractivity contribution in [2.45, 2.75) is 20.0 Å². The van der Waals surface area contributed by atoms with Gasteiger partial charge in [0.25, 0.3) is 0 Å². The Bertz CT molecular complexity index is 326. The van der Waals surface area contributed by atoms with E-state index in [0.717, 1.165) is 6.08 Å². The summed E-state index contributed by atoms with van der Waals surface area (Å²) in [6.45, 7) is 10.5. The van der Waals surface area contributed by atoms with Crippen LogP contribution in [-0.4, -0.2) is 12.1 Å². The van der Waals surface area contributed by atoms with Gasteiger partial charge in [-0.15, -0.1) is 0 Å². The van der Waals surface area contributed by atoms with Crippen molar-refractivity contribution in [1.82, 2.24) is 0 Å². The number of rotatable bonds is 3. The second-order valence-electron chi connectivity index (χ2n) is 3.30. The Hall–Kier alpha value is -1.83. The molecule has 0 aliphatic rings. The number of carbonyl (C=O) groups excluding carboxylic acids is 1. The Kier molecular flexibility index (Phi) is 7.51. The summed E-state index contributed by atoms with van der Waals surface area (Å²) in [5.41, 5.74) is 1.17. The molecule has 0 radical (unpaired) electrons. The van der Waals surface area contributed by atoms with Gasteiger partial charge in [-0.25, -0.2) is 4.79 Å². The van der Waals surface area contributed by atoms with Crippen molar-refractivity contribution in [3.63, 3.8) is 0 Å². The van der Waals surface area contributed by atoms with Crippen LogP contribution in [0.1, 0.15) is 19.4 Å². The molecule has 2 nitrogen and oxygen atoms in total. The maximum absolute atomic E-state index is 10.3. The summed E-state index contributed by atoms with van der Waals surface area (Å²) in [5, 5.41) is 0. The molecule has 0 aromatic heterocycles. The molecule has 0 bridgehead atoms. The Morgan fingerprint density at radius 2 is 1.81 bits per heavy atom. The lowest BCUT2D eigenvalue weighted by atomic mass is 10.2. The van der Waals surface area contributed by atoms with Crippen molar-refractivity contribution in [3.8, 4) is 0 Å². The largest absolute Gasteiger partial charge is 0.460 e. The summed E-state index contributed by atoms with van der Waals surface area (Å²) in [7, 11) is 0. The van der Waals surface area contributed by atoms with E-state index >= 15 is 0 Å². The molecule has 16 heavy (non-hydrogen) atoms. The number of hydrogen-bond acceptors (Lipinski definition) is 2. The van der Waals surface area contributed by atoms with Crippen LogP contribution in [-0.2, 0) is 9.53 Å². The molecule has 0 amide bonds. The third-order valence-corrected chi connectivity index (χ3v) is 1.55. The third kappa shape index (κ3) is 7.56. The second-order valence-corrected chi connectivity index (χ2v) is 3.30. The Morgan fingerprint density at radius 3 is 2.06 bits per heavy atom. The van der Waals surface area contributed by atoms with E-state index in [0.29, 0.717) is 0 Å². The zero-order valence-corrected chi connectivity index (χ0v) is 9.85. The van der Waals surface area contributed by atoms with Gasteiger partial charge in [-0.3, -0.25) is 0 Å². The molecule has 0 fully saturated rings. The molecule has 86 valence electrons. The molecule has 0 atom stereocenters. The average Bonchev–Trinajstić information content (AvgIpc) is 2.30. The Morgan fingerprint density at radius 1 is 1.25 bits per heavy atom. The van der Waals surface area contributed by atoms with Crippen molar-refractivity contribution in [1.29, 1.82) is 0 Å². The number of esters is 1. The lowest BCUT2D eigenvalue weighted by Gasteiger charge is -2.02. The highest BCUT2D eigenvalue weighted by atomic mass is 16.5. The van der Waals surface area contributed by atoms with Crippen LogP contribution in [0, 0.1) is 0 Å². The van der Waals surface area contributed by atoms with E-state index in [1.807, 2.05) is 36.4 Å². The molecule has 0 saturated carbocycles. The van der Waals surface area contributed by atoms with Gasteiger partial charge < -0.3 is 4.74 Å². The van der Waals surface area contributed by atoms with Crippen LogP contribution in [0.15, 0.2) is 49.6 Å². The summed E-state index contributed by atoms with van der Waals surface area (Å²) in [5.74, 6) is -0.361. The minimum atomic E-state index is -0.361. The zero-order chi connectivity index (χ0) is 12.4. The van der Waals surface area contributed by atoms with Gasteiger partial charge in [0.2, 0.25) is 0 Å². The molecule has 0 unspecified atom stereocenters. The molecule has 1 rings (SSSR count). The van der Waals surface area contributed by atoms with Crippen molar-refractivity contribution in [2.24, 2.45) is 0 Å². The van der Waals surface area contributed by atoms with Gasteiger partial charge in [-0.1, -0.05) is 49.6 Å². The molecule has 1 aromatic rings. The predicted molar refractivity (Wildman–Crippen MR) is 68.0 cm³/mol. The number of carbonyl (C=O) groups is 1.